The minimum atomic E-state index is -0.981. The molecule has 0 aromatic carbocycles. The first-order valence-corrected chi connectivity index (χ1v) is 3.02. The average Bonchev–Trinajstić information content (AvgIpc) is 1.82. The van der Waals surface area contributed by atoms with E-state index in [1.807, 2.05) is 0 Å². The van der Waals surface area contributed by atoms with Crippen LogP contribution in [0.2, 0.25) is 0 Å². The largest absolute Gasteiger partial charge is 0.391 e. The van der Waals surface area contributed by atoms with Gasteiger partial charge in [0.2, 0.25) is 6.54 Å². The van der Waals surface area contributed by atoms with Crippen molar-refractivity contribution in [1.29, 1.82) is 0 Å². The van der Waals surface area contributed by atoms with Gasteiger partial charge in [0.05, 0.1) is 12.2 Å². The van der Waals surface area contributed by atoms with Crippen molar-refractivity contribution in [2.75, 3.05) is 6.54 Å². The van der Waals surface area contributed by atoms with Crippen LogP contribution in [0.4, 0.5) is 0 Å². The molecular formula is C5H11NO4. The highest BCUT2D eigenvalue weighted by atomic mass is 16.6. The van der Waals surface area contributed by atoms with E-state index in [0.29, 0.717) is 0 Å². The summed E-state index contributed by atoms with van der Waals surface area (Å²) in [5, 5.41) is 27.2. The molecule has 5 heteroatoms. The van der Waals surface area contributed by atoms with Gasteiger partial charge < -0.3 is 10.2 Å². The van der Waals surface area contributed by atoms with E-state index in [-0.39, 0.29) is 13.0 Å². The highest BCUT2D eigenvalue weighted by molar-refractivity contribution is 4.60. The maximum absolute atomic E-state index is 9.74. The van der Waals surface area contributed by atoms with Gasteiger partial charge in [-0.1, -0.05) is 0 Å². The monoisotopic (exact) mass is 149 g/mol. The number of nitro groups is 1. The van der Waals surface area contributed by atoms with Gasteiger partial charge >= 0.3 is 0 Å². The Bertz CT molecular complexity index is 114. The molecule has 0 fully saturated rings. The quantitative estimate of drug-likeness (QED) is 0.412. The van der Waals surface area contributed by atoms with Crippen molar-refractivity contribution in [2.45, 2.75) is 25.6 Å². The lowest BCUT2D eigenvalue weighted by atomic mass is 10.2. The molecule has 0 aliphatic rings. The molecule has 0 amide bonds. The van der Waals surface area contributed by atoms with Crippen LogP contribution in [0, 0.1) is 10.1 Å². The van der Waals surface area contributed by atoms with Gasteiger partial charge in [-0.2, -0.15) is 0 Å². The van der Waals surface area contributed by atoms with Crippen LogP contribution in [0.15, 0.2) is 0 Å². The van der Waals surface area contributed by atoms with E-state index in [0.717, 1.165) is 0 Å². The Morgan fingerprint density at radius 1 is 1.60 bits per heavy atom. The zero-order valence-corrected chi connectivity index (χ0v) is 5.73. The predicted molar refractivity (Wildman–Crippen MR) is 34.2 cm³/mol. The molecule has 5 nitrogen and oxygen atoms in total. The van der Waals surface area contributed by atoms with Crippen molar-refractivity contribution in [3.8, 4) is 0 Å². The van der Waals surface area contributed by atoms with Gasteiger partial charge in [-0.05, 0) is 6.92 Å². The molecule has 0 heterocycles. The third kappa shape index (κ3) is 4.22. The highest BCUT2D eigenvalue weighted by Gasteiger charge is 2.12. The van der Waals surface area contributed by atoms with Crippen LogP contribution >= 0.6 is 0 Å². The molecule has 10 heavy (non-hydrogen) atoms. The molecule has 0 aromatic rings. The topological polar surface area (TPSA) is 83.6 Å². The van der Waals surface area contributed by atoms with Gasteiger partial charge in [0.1, 0.15) is 0 Å². The normalized spacial score (nSPS) is 16.3. The zero-order chi connectivity index (χ0) is 8.15. The summed E-state index contributed by atoms with van der Waals surface area (Å²) in [5.41, 5.74) is 0. The molecule has 0 spiro atoms. The van der Waals surface area contributed by atoms with E-state index in [2.05, 4.69) is 0 Å². The molecule has 2 atom stereocenters. The summed E-state index contributed by atoms with van der Waals surface area (Å²) in [6, 6.07) is 0. The number of hydrogen-bond donors (Lipinski definition) is 2. The molecule has 60 valence electrons. The van der Waals surface area contributed by atoms with Gasteiger partial charge in [-0.15, -0.1) is 0 Å². The van der Waals surface area contributed by atoms with Crippen LogP contribution in [0.5, 0.6) is 0 Å². The Labute approximate surface area is 58.4 Å². The first-order valence-electron chi connectivity index (χ1n) is 3.02. The van der Waals surface area contributed by atoms with Crippen LogP contribution in [-0.4, -0.2) is 33.9 Å². The van der Waals surface area contributed by atoms with E-state index >= 15 is 0 Å². The Morgan fingerprint density at radius 2 is 2.10 bits per heavy atom. The fourth-order valence-electron chi connectivity index (χ4n) is 0.479. The lowest BCUT2D eigenvalue weighted by molar-refractivity contribution is -0.482. The second-order valence-electron chi connectivity index (χ2n) is 2.15. The molecule has 0 aliphatic heterocycles. The molecule has 0 saturated heterocycles. The number of aliphatic hydroxyl groups excluding tert-OH is 2. The summed E-state index contributed by atoms with van der Waals surface area (Å²) in [6.45, 7) is 1.09. The summed E-state index contributed by atoms with van der Waals surface area (Å²) in [4.78, 5) is 9.22. The van der Waals surface area contributed by atoms with E-state index < -0.39 is 17.1 Å². The summed E-state index contributed by atoms with van der Waals surface area (Å²) >= 11 is 0. The van der Waals surface area contributed by atoms with E-state index in [1.165, 1.54) is 6.92 Å². The van der Waals surface area contributed by atoms with E-state index in [4.69, 9.17) is 10.2 Å². The smallest absolute Gasteiger partial charge is 0.206 e. The van der Waals surface area contributed by atoms with Gasteiger partial charge in [-0.3, -0.25) is 10.1 Å². The first-order chi connectivity index (χ1) is 4.54. The zero-order valence-electron chi connectivity index (χ0n) is 5.73. The summed E-state index contributed by atoms with van der Waals surface area (Å²) in [5.74, 6) is 0. The van der Waals surface area contributed by atoms with Crippen LogP contribution < -0.4 is 0 Å². The Kier molecular flexibility index (Phi) is 3.90. The molecule has 0 radical (unpaired) electrons. The summed E-state index contributed by atoms with van der Waals surface area (Å²) in [7, 11) is 0. The molecular weight excluding hydrogens is 138 g/mol. The molecule has 0 rings (SSSR count). The second-order valence-corrected chi connectivity index (χ2v) is 2.15. The minimum Gasteiger partial charge on any atom is -0.391 e. The third-order valence-electron chi connectivity index (χ3n) is 1.16. The summed E-state index contributed by atoms with van der Waals surface area (Å²) in [6.07, 6.45) is -1.87. The van der Waals surface area contributed by atoms with Crippen LogP contribution in [0.25, 0.3) is 0 Å². The molecule has 0 bridgehead atoms. The highest BCUT2D eigenvalue weighted by Crippen LogP contribution is 1.97. The fraction of sp³-hybridized carbons (Fsp3) is 1.00. The molecule has 0 saturated carbocycles. The number of hydrogen-bond acceptors (Lipinski definition) is 4. The Hall–Kier alpha value is -0.680. The summed E-state index contributed by atoms with van der Waals surface area (Å²) < 4.78 is 0. The van der Waals surface area contributed by atoms with Crippen LogP contribution in [0.3, 0.4) is 0 Å². The maximum Gasteiger partial charge on any atom is 0.206 e. The first kappa shape index (κ1) is 9.32. The van der Waals surface area contributed by atoms with Crippen molar-refractivity contribution in [3.63, 3.8) is 0 Å². The Morgan fingerprint density at radius 3 is 2.40 bits per heavy atom. The molecule has 2 unspecified atom stereocenters. The number of rotatable bonds is 4. The van der Waals surface area contributed by atoms with Gasteiger partial charge in [0, 0.05) is 11.3 Å². The van der Waals surface area contributed by atoms with Crippen molar-refractivity contribution in [3.05, 3.63) is 10.1 Å². The predicted octanol–water partition coefficient (Wildman–Crippen LogP) is -0.605. The molecule has 0 aromatic heterocycles. The van der Waals surface area contributed by atoms with Crippen molar-refractivity contribution >= 4 is 0 Å². The maximum atomic E-state index is 9.74. The van der Waals surface area contributed by atoms with E-state index in [1.54, 1.807) is 0 Å². The van der Waals surface area contributed by atoms with Gasteiger partial charge in [0.25, 0.3) is 0 Å². The van der Waals surface area contributed by atoms with Crippen molar-refractivity contribution in [2.24, 2.45) is 0 Å². The van der Waals surface area contributed by atoms with E-state index in [9.17, 15) is 10.1 Å². The number of nitrogens with zero attached hydrogens (tertiary/aromatic N) is 1. The standard InChI is InChI=1S/C5H11NO4/c1-4(7)5(8)2-3-6(9)10/h4-5,7-8H,2-3H2,1H3. The van der Waals surface area contributed by atoms with Crippen molar-refractivity contribution < 1.29 is 15.1 Å². The Balaban J connectivity index is 3.39. The number of aliphatic hydroxyl groups is 2. The fourth-order valence-corrected chi connectivity index (χ4v) is 0.479. The lowest BCUT2D eigenvalue weighted by Crippen LogP contribution is -2.25. The van der Waals surface area contributed by atoms with Gasteiger partial charge in [0.15, 0.2) is 0 Å². The third-order valence-corrected chi connectivity index (χ3v) is 1.16. The van der Waals surface area contributed by atoms with Gasteiger partial charge in [-0.25, -0.2) is 0 Å². The average molecular weight is 149 g/mol. The van der Waals surface area contributed by atoms with Crippen LogP contribution in [-0.2, 0) is 0 Å². The minimum absolute atomic E-state index is 0.00463. The lowest BCUT2D eigenvalue weighted by Gasteiger charge is -2.09. The second kappa shape index (κ2) is 4.19. The van der Waals surface area contributed by atoms with Crippen LogP contribution in [0.1, 0.15) is 13.3 Å². The molecule has 0 aliphatic carbocycles. The SMILES string of the molecule is CC(O)C(O)CC[N+](=O)[O-]. The molecule has 2 N–H and O–H groups in total. The van der Waals surface area contributed by atoms with Crippen molar-refractivity contribution in [1.82, 2.24) is 0 Å².